The Hall–Kier alpha value is -1.84. The molecule has 0 radical (unpaired) electrons. The quantitative estimate of drug-likeness (QED) is 0.738. The molecule has 0 saturated carbocycles. The zero-order chi connectivity index (χ0) is 19.3. The van der Waals surface area contributed by atoms with E-state index in [2.05, 4.69) is 10.3 Å². The molecule has 0 bridgehead atoms. The molecule has 2 aromatic rings. The second-order valence-corrected chi connectivity index (χ2v) is 9.00. The first-order valence-corrected chi connectivity index (χ1v) is 10.5. The molecule has 0 aliphatic heterocycles. The van der Waals surface area contributed by atoms with Crippen molar-refractivity contribution >= 4 is 32.4 Å². The average Bonchev–Trinajstić information content (AvgIpc) is 2.89. The number of anilines is 1. The summed E-state index contributed by atoms with van der Waals surface area (Å²) in [5.74, 6) is -0.975. The standard InChI is InChI=1S/C17H22FN3O3S2/c1-4-5-10-21(26(23,24)15-8-6-14(18)7-9-15)11-16(22)20-17-19-12(2)13(3)25-17/h6-9H,4-5,10-11H2,1-3H3,(H,19,20,22). The van der Waals surface area contributed by atoms with Crippen LogP contribution < -0.4 is 5.32 Å². The van der Waals surface area contributed by atoms with E-state index in [0.717, 1.165) is 33.4 Å². The van der Waals surface area contributed by atoms with Crippen LogP contribution in [-0.2, 0) is 14.8 Å². The Morgan fingerprint density at radius 3 is 2.46 bits per heavy atom. The van der Waals surface area contributed by atoms with Crippen LogP contribution in [0.15, 0.2) is 29.2 Å². The normalized spacial score (nSPS) is 11.7. The van der Waals surface area contributed by atoms with Gasteiger partial charge in [-0.2, -0.15) is 4.31 Å². The largest absolute Gasteiger partial charge is 0.301 e. The van der Waals surface area contributed by atoms with Gasteiger partial charge in [-0.15, -0.1) is 11.3 Å². The number of unbranched alkanes of at least 4 members (excludes halogenated alkanes) is 1. The fraction of sp³-hybridized carbons (Fsp3) is 0.412. The predicted octanol–water partition coefficient (Wildman–Crippen LogP) is 3.33. The maximum Gasteiger partial charge on any atom is 0.243 e. The number of carbonyl (C=O) groups is 1. The smallest absolute Gasteiger partial charge is 0.243 e. The number of benzene rings is 1. The highest BCUT2D eigenvalue weighted by atomic mass is 32.2. The summed E-state index contributed by atoms with van der Waals surface area (Å²) in [5, 5.41) is 3.09. The summed E-state index contributed by atoms with van der Waals surface area (Å²) in [6.07, 6.45) is 1.39. The second-order valence-electron chi connectivity index (χ2n) is 5.85. The van der Waals surface area contributed by atoms with Crippen LogP contribution >= 0.6 is 11.3 Å². The number of nitrogens with zero attached hydrogens (tertiary/aromatic N) is 2. The molecule has 6 nitrogen and oxygen atoms in total. The van der Waals surface area contributed by atoms with Crippen molar-refractivity contribution in [1.82, 2.24) is 9.29 Å². The molecule has 0 aliphatic rings. The van der Waals surface area contributed by atoms with Crippen LogP contribution in [0.25, 0.3) is 0 Å². The van der Waals surface area contributed by atoms with Crippen LogP contribution in [0.1, 0.15) is 30.3 Å². The monoisotopic (exact) mass is 399 g/mol. The third kappa shape index (κ3) is 5.09. The first-order valence-electron chi connectivity index (χ1n) is 8.23. The second kappa shape index (κ2) is 8.70. The van der Waals surface area contributed by atoms with E-state index in [4.69, 9.17) is 0 Å². The van der Waals surface area contributed by atoms with Crippen LogP contribution in [0.4, 0.5) is 9.52 Å². The molecule has 0 fully saturated rings. The summed E-state index contributed by atoms with van der Waals surface area (Å²) < 4.78 is 39.8. The SMILES string of the molecule is CCCCN(CC(=O)Nc1nc(C)c(C)s1)S(=O)(=O)c1ccc(F)cc1. The van der Waals surface area contributed by atoms with Crippen LogP contribution in [-0.4, -0.2) is 36.7 Å². The summed E-state index contributed by atoms with van der Waals surface area (Å²) in [6, 6.07) is 4.59. The first-order chi connectivity index (χ1) is 12.2. The number of sulfonamides is 1. The fourth-order valence-electron chi connectivity index (χ4n) is 2.22. The van der Waals surface area contributed by atoms with Crippen molar-refractivity contribution < 1.29 is 17.6 Å². The van der Waals surface area contributed by atoms with Crippen molar-refractivity contribution in [3.8, 4) is 0 Å². The summed E-state index contributed by atoms with van der Waals surface area (Å²) in [7, 11) is -3.89. The topological polar surface area (TPSA) is 79.4 Å². The third-order valence-electron chi connectivity index (χ3n) is 3.81. The molecular formula is C17H22FN3O3S2. The molecule has 1 N–H and O–H groups in total. The summed E-state index contributed by atoms with van der Waals surface area (Å²) in [5.41, 5.74) is 0.826. The zero-order valence-corrected chi connectivity index (χ0v) is 16.6. The number of hydrogen-bond acceptors (Lipinski definition) is 5. The van der Waals surface area contributed by atoms with E-state index >= 15 is 0 Å². The predicted molar refractivity (Wildman–Crippen MR) is 100 cm³/mol. The molecule has 2 rings (SSSR count). The van der Waals surface area contributed by atoms with Gasteiger partial charge in [-0.3, -0.25) is 4.79 Å². The molecule has 0 spiro atoms. The number of thiazole rings is 1. The van der Waals surface area contributed by atoms with E-state index in [1.807, 2.05) is 20.8 Å². The molecule has 0 saturated heterocycles. The zero-order valence-electron chi connectivity index (χ0n) is 15.0. The highest BCUT2D eigenvalue weighted by Gasteiger charge is 2.26. The minimum Gasteiger partial charge on any atom is -0.301 e. The Morgan fingerprint density at radius 1 is 1.27 bits per heavy atom. The van der Waals surface area contributed by atoms with E-state index < -0.39 is 21.7 Å². The van der Waals surface area contributed by atoms with E-state index in [0.29, 0.717) is 11.6 Å². The highest BCUT2D eigenvalue weighted by molar-refractivity contribution is 7.89. The summed E-state index contributed by atoms with van der Waals surface area (Å²) in [6.45, 7) is 5.56. The van der Waals surface area contributed by atoms with Gasteiger partial charge < -0.3 is 5.32 Å². The lowest BCUT2D eigenvalue weighted by Gasteiger charge is -2.21. The Bertz CT molecular complexity index is 844. The van der Waals surface area contributed by atoms with Gasteiger partial charge in [0.2, 0.25) is 15.9 Å². The van der Waals surface area contributed by atoms with Crippen molar-refractivity contribution in [1.29, 1.82) is 0 Å². The maximum atomic E-state index is 13.1. The minimum absolute atomic E-state index is 0.0382. The Labute approximate surface area is 157 Å². The molecule has 0 atom stereocenters. The van der Waals surface area contributed by atoms with E-state index in [-0.39, 0.29) is 18.0 Å². The van der Waals surface area contributed by atoms with Gasteiger partial charge in [0.25, 0.3) is 0 Å². The number of carbonyl (C=O) groups excluding carboxylic acids is 1. The van der Waals surface area contributed by atoms with Crippen LogP contribution in [0, 0.1) is 19.7 Å². The number of amides is 1. The number of rotatable bonds is 8. The van der Waals surface area contributed by atoms with Crippen LogP contribution in [0.3, 0.4) is 0 Å². The van der Waals surface area contributed by atoms with Crippen LogP contribution in [0.5, 0.6) is 0 Å². The molecule has 26 heavy (non-hydrogen) atoms. The summed E-state index contributed by atoms with van der Waals surface area (Å²) >= 11 is 1.34. The van der Waals surface area contributed by atoms with E-state index in [1.165, 1.54) is 23.5 Å². The van der Waals surface area contributed by atoms with Gasteiger partial charge in [0.1, 0.15) is 5.82 Å². The molecule has 1 amide bonds. The molecule has 1 heterocycles. The number of nitrogens with one attached hydrogen (secondary N) is 1. The van der Waals surface area contributed by atoms with Gasteiger partial charge in [0, 0.05) is 11.4 Å². The van der Waals surface area contributed by atoms with E-state index in [9.17, 15) is 17.6 Å². The highest BCUT2D eigenvalue weighted by Crippen LogP contribution is 2.22. The van der Waals surface area contributed by atoms with Gasteiger partial charge in [0.15, 0.2) is 5.13 Å². The number of aromatic nitrogens is 1. The average molecular weight is 400 g/mol. The Balaban J connectivity index is 2.17. The fourth-order valence-corrected chi connectivity index (χ4v) is 4.49. The number of aryl methyl sites for hydroxylation is 2. The van der Waals surface area contributed by atoms with E-state index in [1.54, 1.807) is 0 Å². The lowest BCUT2D eigenvalue weighted by Crippen LogP contribution is -2.38. The van der Waals surface area contributed by atoms with Gasteiger partial charge in [-0.25, -0.2) is 17.8 Å². The summed E-state index contributed by atoms with van der Waals surface area (Å²) in [4.78, 5) is 17.5. The molecule has 9 heteroatoms. The third-order valence-corrected chi connectivity index (χ3v) is 6.66. The van der Waals surface area contributed by atoms with Gasteiger partial charge >= 0.3 is 0 Å². The molecule has 0 unspecified atom stereocenters. The minimum atomic E-state index is -3.89. The molecule has 1 aromatic carbocycles. The lowest BCUT2D eigenvalue weighted by atomic mass is 10.3. The molecule has 142 valence electrons. The Morgan fingerprint density at radius 2 is 1.92 bits per heavy atom. The van der Waals surface area contributed by atoms with Gasteiger partial charge in [-0.05, 0) is 44.5 Å². The van der Waals surface area contributed by atoms with Crippen molar-refractivity contribution in [3.63, 3.8) is 0 Å². The Kier molecular flexibility index (Phi) is 6.85. The van der Waals surface area contributed by atoms with Crippen LogP contribution in [0.2, 0.25) is 0 Å². The van der Waals surface area contributed by atoms with Crippen molar-refractivity contribution in [2.45, 2.75) is 38.5 Å². The maximum absolute atomic E-state index is 13.1. The molecular weight excluding hydrogens is 377 g/mol. The molecule has 1 aromatic heterocycles. The van der Waals surface area contributed by atoms with Gasteiger partial charge in [-0.1, -0.05) is 13.3 Å². The van der Waals surface area contributed by atoms with Gasteiger partial charge in [0.05, 0.1) is 17.1 Å². The molecule has 0 aliphatic carbocycles. The first kappa shape index (κ1) is 20.5. The number of halogens is 1. The number of hydrogen-bond donors (Lipinski definition) is 1. The van der Waals surface area contributed by atoms with Crippen molar-refractivity contribution in [3.05, 3.63) is 40.7 Å². The van der Waals surface area contributed by atoms with Crippen molar-refractivity contribution in [2.24, 2.45) is 0 Å². The lowest BCUT2D eigenvalue weighted by molar-refractivity contribution is -0.116. The van der Waals surface area contributed by atoms with Crippen molar-refractivity contribution in [2.75, 3.05) is 18.4 Å².